The molecule has 4 nitrogen and oxygen atoms in total. The van der Waals surface area contributed by atoms with E-state index in [1.165, 1.54) is 0 Å². The summed E-state index contributed by atoms with van der Waals surface area (Å²) in [6, 6.07) is 39.8. The number of rotatable bonds is 4. The molecule has 0 saturated carbocycles. The van der Waals surface area contributed by atoms with E-state index in [1.807, 2.05) is 97.1 Å². The zero-order chi connectivity index (χ0) is 38.9. The van der Waals surface area contributed by atoms with Crippen LogP contribution in [0.1, 0.15) is 22.8 Å². The second-order valence-electron chi connectivity index (χ2n) is 12.7. The number of nitrogens with zero attached hydrogens (tertiary/aromatic N) is 2. The van der Waals surface area contributed by atoms with Gasteiger partial charge in [-0.2, -0.15) is 0 Å². The third-order valence-corrected chi connectivity index (χ3v) is 10.3. The first-order chi connectivity index (χ1) is 27.1. The quantitative estimate of drug-likeness (QED) is 0.173. The second kappa shape index (κ2) is 16.9. The molecule has 0 unspecified atom stereocenters. The summed E-state index contributed by atoms with van der Waals surface area (Å²) in [6.45, 7) is 0. The van der Waals surface area contributed by atoms with Gasteiger partial charge >= 0.3 is 41.5 Å². The molecule has 2 N–H and O–H groups in total. The number of aromatic nitrogens is 4. The number of H-pyrrole nitrogens is 2. The van der Waals surface area contributed by atoms with Gasteiger partial charge in [0.05, 0.1) is 22.8 Å². The van der Waals surface area contributed by atoms with Crippen LogP contribution >= 0.6 is 76.7 Å². The Labute approximate surface area is 359 Å². The molecule has 0 fully saturated rings. The summed E-state index contributed by atoms with van der Waals surface area (Å²) in [7, 11) is 14.7. The van der Waals surface area contributed by atoms with Crippen molar-refractivity contribution in [3.8, 4) is 44.5 Å². The molecule has 0 spiro atoms. The molecule has 0 saturated heterocycles. The number of halogens is 7. The monoisotopic (exact) mass is 911 g/mol. The second-order valence-corrected chi connectivity index (χ2v) is 19.9. The number of aromatic amines is 2. The Balaban J connectivity index is 0.00000105. The fourth-order valence-corrected chi connectivity index (χ4v) is 7.39. The van der Waals surface area contributed by atoms with Gasteiger partial charge in [0.25, 0.3) is 0 Å². The molecule has 0 atom stereocenters. The molecule has 12 heteroatoms. The van der Waals surface area contributed by atoms with Crippen molar-refractivity contribution in [3.05, 3.63) is 164 Å². The van der Waals surface area contributed by atoms with Crippen LogP contribution in [-0.2, 0) is 11.2 Å². The van der Waals surface area contributed by atoms with E-state index < -0.39 is 11.2 Å². The zero-order valence-electron chi connectivity index (χ0n) is 28.8. The summed E-state index contributed by atoms with van der Waals surface area (Å²) in [6.07, 6.45) is 8.27. The fourth-order valence-electron chi connectivity index (χ4n) is 6.89. The van der Waals surface area contributed by atoms with Gasteiger partial charge in [0, 0.05) is 64.4 Å². The van der Waals surface area contributed by atoms with Crippen LogP contribution in [0.4, 0.5) is 0 Å². The Morgan fingerprint density at radius 1 is 0.321 bits per heavy atom. The molecular formula is C44H26Cl7FeN4. The summed E-state index contributed by atoms with van der Waals surface area (Å²) >= 11 is 24.1. The summed E-state index contributed by atoms with van der Waals surface area (Å²) in [5.41, 5.74) is 14.5. The third-order valence-electron chi connectivity index (χ3n) is 9.29. The van der Waals surface area contributed by atoms with Gasteiger partial charge in [-0.25, -0.2) is 9.97 Å². The van der Waals surface area contributed by atoms with Gasteiger partial charge in [0.2, 0.25) is 0 Å². The number of hydrogen-bond acceptors (Lipinski definition) is 2. The van der Waals surface area contributed by atoms with E-state index in [1.54, 1.807) is 0 Å². The molecule has 0 amide bonds. The molecule has 5 heterocycles. The fraction of sp³-hybridized carbons (Fsp3) is 0. The molecule has 0 aliphatic carbocycles. The van der Waals surface area contributed by atoms with Crippen molar-refractivity contribution in [1.29, 1.82) is 0 Å². The minimum atomic E-state index is -1.33. The third kappa shape index (κ3) is 8.35. The van der Waals surface area contributed by atoms with Crippen LogP contribution in [0.25, 0.3) is 90.9 Å². The predicted molar refractivity (Wildman–Crippen MR) is 238 cm³/mol. The Kier molecular flexibility index (Phi) is 11.7. The number of nitrogens with one attached hydrogen (secondary N) is 2. The molecule has 3 aromatic heterocycles. The van der Waals surface area contributed by atoms with E-state index in [4.69, 9.17) is 86.7 Å². The van der Waals surface area contributed by atoms with Crippen LogP contribution in [0.15, 0.2) is 121 Å². The average molecular weight is 915 g/mol. The first-order valence-corrected chi connectivity index (χ1v) is 23.0. The average Bonchev–Trinajstić information content (AvgIpc) is 4.02. The van der Waals surface area contributed by atoms with Crippen molar-refractivity contribution in [2.45, 2.75) is 0 Å². The van der Waals surface area contributed by atoms with Gasteiger partial charge in [0.1, 0.15) is 0 Å². The van der Waals surface area contributed by atoms with Gasteiger partial charge in [-0.05, 0) is 119 Å². The van der Waals surface area contributed by atoms with E-state index in [0.717, 1.165) is 89.4 Å². The summed E-state index contributed by atoms with van der Waals surface area (Å²) in [5, 5.41) is 2.64. The normalized spacial score (nSPS) is 12.0. The van der Waals surface area contributed by atoms with E-state index >= 15 is 0 Å². The van der Waals surface area contributed by atoms with E-state index in [0.29, 0.717) is 20.1 Å². The van der Waals surface area contributed by atoms with Gasteiger partial charge in [-0.15, -0.1) is 0 Å². The van der Waals surface area contributed by atoms with Crippen molar-refractivity contribution < 1.29 is 11.2 Å². The standard InChI is InChI=1S/C44H26Cl4N4.3ClH.Fe/c45-29-9-1-25(2-10-29)41-33-17-19-35(49-33)42(26-3-11-30(46)12-4-26)37-21-23-39(51-37)44(28-7-15-32(48)16-8-28)40-24-22-38(52-40)43(36-20-18-34(41)50-36)27-5-13-31(47)14-6-27;;;;/h1-24,49,52H;3*1H;/q;;;;+3/p-3. The van der Waals surface area contributed by atoms with Gasteiger partial charge in [-0.1, -0.05) is 94.9 Å². The zero-order valence-corrected chi connectivity index (χ0v) is 35.1. The Morgan fingerprint density at radius 3 is 0.714 bits per heavy atom. The molecule has 2 aliphatic heterocycles. The van der Waals surface area contributed by atoms with E-state index in [-0.39, 0.29) is 0 Å². The first-order valence-electron chi connectivity index (χ1n) is 17.0. The van der Waals surface area contributed by atoms with E-state index in [9.17, 15) is 0 Å². The molecular weight excluding hydrogens is 889 g/mol. The number of benzene rings is 4. The van der Waals surface area contributed by atoms with Crippen LogP contribution < -0.4 is 0 Å². The SMILES string of the molecule is Clc1ccc(-c2c3nc(c(-c4ccc(Cl)cc4)c4ccc([nH]4)c(-c4ccc(Cl)cc4)c4nc(c(-c5ccc(Cl)cc5)c5ccc2[nH]5)C=C4)C=C3)cc1.[Cl][Fe]([Cl])[Cl]. The van der Waals surface area contributed by atoms with Gasteiger partial charge in [0.15, 0.2) is 0 Å². The number of fused-ring (bicyclic) bond motifs is 8. The summed E-state index contributed by atoms with van der Waals surface area (Å²) in [5.74, 6) is 0. The van der Waals surface area contributed by atoms with Crippen molar-refractivity contribution in [3.63, 3.8) is 0 Å². The van der Waals surface area contributed by atoms with Crippen molar-refractivity contribution in [2.24, 2.45) is 0 Å². The topological polar surface area (TPSA) is 57.4 Å². The number of hydrogen-bond donors (Lipinski definition) is 2. The Morgan fingerprint density at radius 2 is 0.518 bits per heavy atom. The van der Waals surface area contributed by atoms with Crippen molar-refractivity contribution >= 4 is 123 Å². The molecule has 2 aliphatic rings. The van der Waals surface area contributed by atoms with Crippen molar-refractivity contribution in [2.75, 3.05) is 0 Å². The van der Waals surface area contributed by atoms with Crippen LogP contribution in [0.3, 0.4) is 0 Å². The van der Waals surface area contributed by atoms with Crippen LogP contribution in [0.5, 0.6) is 0 Å². The molecule has 56 heavy (non-hydrogen) atoms. The van der Waals surface area contributed by atoms with Crippen LogP contribution in [0, 0.1) is 0 Å². The predicted octanol–water partition coefficient (Wildman–Crippen LogP) is 16.0. The first kappa shape index (κ1) is 38.9. The van der Waals surface area contributed by atoms with Crippen LogP contribution in [0.2, 0.25) is 20.1 Å². The molecule has 4 aromatic carbocycles. The molecule has 9 rings (SSSR count). The Bertz CT molecular complexity index is 2430. The Hall–Kier alpha value is -3.97. The summed E-state index contributed by atoms with van der Waals surface area (Å²) in [4.78, 5) is 18.1. The van der Waals surface area contributed by atoms with E-state index in [2.05, 4.69) is 58.5 Å². The van der Waals surface area contributed by atoms with Crippen molar-refractivity contribution in [1.82, 2.24) is 19.9 Å². The molecule has 279 valence electrons. The minimum absolute atomic E-state index is 0.660. The maximum absolute atomic E-state index is 6.37. The molecule has 7 aromatic rings. The van der Waals surface area contributed by atoms with Crippen LogP contribution in [-0.4, -0.2) is 19.9 Å². The summed E-state index contributed by atoms with van der Waals surface area (Å²) < 4.78 is 0. The van der Waals surface area contributed by atoms with Gasteiger partial charge < -0.3 is 9.97 Å². The maximum atomic E-state index is 6.37. The molecule has 8 bridgehead atoms. The molecule has 0 radical (unpaired) electrons. The van der Waals surface area contributed by atoms with Gasteiger partial charge in [-0.3, -0.25) is 0 Å².